The molecule has 1 N–H and O–H groups in total. The fraction of sp³-hybridized carbons (Fsp3) is 0.550. The molecule has 1 aromatic rings. The van der Waals surface area contributed by atoms with Gasteiger partial charge in [0.25, 0.3) is 10.0 Å². The molecule has 1 fully saturated rings. The summed E-state index contributed by atoms with van der Waals surface area (Å²) in [5.74, 6) is 0.963. The first-order chi connectivity index (χ1) is 11.9. The molecule has 25 heavy (non-hydrogen) atoms. The van der Waals surface area contributed by atoms with Crippen molar-refractivity contribution in [1.82, 2.24) is 4.72 Å². The molecule has 0 saturated heterocycles. The highest BCUT2D eigenvalue weighted by Crippen LogP contribution is 2.31. The normalized spacial score (nSPS) is 23.1. The zero-order valence-corrected chi connectivity index (χ0v) is 16.2. The molecule has 1 heterocycles. The second-order valence-electron chi connectivity index (χ2n) is 7.46. The van der Waals surface area contributed by atoms with Gasteiger partial charge in [-0.15, -0.1) is 0 Å². The van der Waals surface area contributed by atoms with Crippen molar-refractivity contribution < 1.29 is 8.42 Å². The molecule has 0 aromatic heterocycles. The molecule has 1 saturated carbocycles. The highest BCUT2D eigenvalue weighted by atomic mass is 32.2. The molecule has 0 atom stereocenters. The molecule has 0 spiro atoms. The number of aliphatic imine (C=N–C) groups is 1. The monoisotopic (exact) mass is 360 g/mol. The van der Waals surface area contributed by atoms with Gasteiger partial charge in [0.15, 0.2) is 0 Å². The number of nitrogens with one attached hydrogen (secondary N) is 1. The maximum absolute atomic E-state index is 12.7. The number of rotatable bonds is 3. The van der Waals surface area contributed by atoms with E-state index in [2.05, 4.69) is 18.6 Å². The van der Waals surface area contributed by atoms with Crippen LogP contribution in [0.3, 0.4) is 0 Å². The van der Waals surface area contributed by atoms with E-state index in [1.165, 1.54) is 31.2 Å². The van der Waals surface area contributed by atoms with Gasteiger partial charge in [-0.25, -0.2) is 8.42 Å². The van der Waals surface area contributed by atoms with E-state index in [4.69, 9.17) is 4.99 Å². The van der Waals surface area contributed by atoms with Crippen LogP contribution in [0.25, 0.3) is 4.91 Å². The lowest BCUT2D eigenvalue weighted by atomic mass is 10.0. The van der Waals surface area contributed by atoms with Crippen LogP contribution in [0.15, 0.2) is 34.8 Å². The Bertz CT molecular complexity index is 781. The number of hydrogen-bond acceptors (Lipinski definition) is 3. The Hall–Kier alpha value is -1.62. The fourth-order valence-electron chi connectivity index (χ4n) is 3.65. The lowest BCUT2D eigenvalue weighted by Gasteiger charge is -2.10. The third-order valence-electron chi connectivity index (χ3n) is 5.17. The highest BCUT2D eigenvalue weighted by molar-refractivity contribution is 8.00. The zero-order valence-electron chi connectivity index (χ0n) is 15.4. The van der Waals surface area contributed by atoms with E-state index >= 15 is 0 Å². The highest BCUT2D eigenvalue weighted by Gasteiger charge is 2.33. The molecular formula is C20H28N2O2S. The smallest absolute Gasteiger partial charge is 0.264 e. The Morgan fingerprint density at radius 2 is 1.64 bits per heavy atom. The van der Waals surface area contributed by atoms with E-state index in [0.29, 0.717) is 16.7 Å². The number of hydrogen-bond donors (Lipinski definition) is 1. The summed E-state index contributed by atoms with van der Waals surface area (Å²) in [4.78, 5) is 5.13. The first kappa shape index (κ1) is 18.2. The SMILES string of the molecule is CC1=C(c2ccc(C(C)C)cc2)S(=O)(=O)NC1=NC1CCCCCC1. The summed E-state index contributed by atoms with van der Waals surface area (Å²) in [6.07, 6.45) is 6.99. The van der Waals surface area contributed by atoms with E-state index < -0.39 is 10.0 Å². The van der Waals surface area contributed by atoms with Crippen LogP contribution in [0.5, 0.6) is 0 Å². The van der Waals surface area contributed by atoms with Crippen LogP contribution in [0, 0.1) is 0 Å². The summed E-state index contributed by atoms with van der Waals surface area (Å²) in [6, 6.07) is 8.06. The van der Waals surface area contributed by atoms with Crippen molar-refractivity contribution in [3.8, 4) is 0 Å². The lowest BCUT2D eigenvalue weighted by molar-refractivity contribution is 0.583. The van der Waals surface area contributed by atoms with Gasteiger partial charge in [-0.05, 0) is 36.8 Å². The van der Waals surface area contributed by atoms with E-state index in [-0.39, 0.29) is 6.04 Å². The Balaban J connectivity index is 1.94. The van der Waals surface area contributed by atoms with Crippen LogP contribution in [-0.4, -0.2) is 20.3 Å². The van der Waals surface area contributed by atoms with Gasteiger partial charge < -0.3 is 0 Å². The van der Waals surface area contributed by atoms with E-state index in [0.717, 1.165) is 24.0 Å². The van der Waals surface area contributed by atoms with Crippen molar-refractivity contribution in [2.24, 2.45) is 4.99 Å². The zero-order chi connectivity index (χ0) is 18.0. The third kappa shape index (κ3) is 3.97. The Morgan fingerprint density at radius 1 is 1.04 bits per heavy atom. The van der Waals surface area contributed by atoms with Crippen molar-refractivity contribution in [1.29, 1.82) is 0 Å². The maximum Gasteiger partial charge on any atom is 0.264 e. The van der Waals surface area contributed by atoms with Crippen LogP contribution in [-0.2, 0) is 10.0 Å². The molecule has 4 nitrogen and oxygen atoms in total. The molecule has 1 aliphatic heterocycles. The molecule has 0 unspecified atom stereocenters. The van der Waals surface area contributed by atoms with Crippen molar-refractivity contribution >= 4 is 20.8 Å². The predicted octanol–water partition coefficient (Wildman–Crippen LogP) is 4.60. The summed E-state index contributed by atoms with van der Waals surface area (Å²) in [7, 11) is -3.53. The summed E-state index contributed by atoms with van der Waals surface area (Å²) in [6.45, 7) is 6.12. The molecule has 0 bridgehead atoms. The average molecular weight is 361 g/mol. The third-order valence-corrected chi connectivity index (χ3v) is 6.71. The van der Waals surface area contributed by atoms with Crippen molar-refractivity contribution in [2.75, 3.05) is 0 Å². The lowest BCUT2D eigenvalue weighted by Crippen LogP contribution is -2.25. The van der Waals surface area contributed by atoms with Gasteiger partial charge in [-0.2, -0.15) is 0 Å². The summed E-state index contributed by atoms with van der Waals surface area (Å²) >= 11 is 0. The van der Waals surface area contributed by atoms with Crippen LogP contribution in [0.4, 0.5) is 0 Å². The summed E-state index contributed by atoms with van der Waals surface area (Å²) in [5, 5.41) is 0. The molecule has 1 aromatic carbocycles. The van der Waals surface area contributed by atoms with Gasteiger partial charge >= 0.3 is 0 Å². The van der Waals surface area contributed by atoms with Gasteiger partial charge in [-0.3, -0.25) is 9.71 Å². The number of nitrogens with zero attached hydrogens (tertiary/aromatic N) is 1. The number of benzene rings is 1. The Kier molecular flexibility index (Phi) is 5.32. The van der Waals surface area contributed by atoms with Gasteiger partial charge in [0.1, 0.15) is 10.7 Å². The van der Waals surface area contributed by atoms with Crippen LogP contribution >= 0.6 is 0 Å². The second kappa shape index (κ2) is 7.32. The molecular weight excluding hydrogens is 332 g/mol. The molecule has 3 rings (SSSR count). The van der Waals surface area contributed by atoms with Gasteiger partial charge in [-0.1, -0.05) is 63.8 Å². The minimum Gasteiger partial charge on any atom is -0.264 e. The second-order valence-corrected chi connectivity index (χ2v) is 9.08. The number of sulfonamides is 1. The van der Waals surface area contributed by atoms with E-state index in [9.17, 15) is 8.42 Å². The van der Waals surface area contributed by atoms with E-state index in [1.54, 1.807) is 0 Å². The molecule has 0 radical (unpaired) electrons. The van der Waals surface area contributed by atoms with Crippen LogP contribution in [0.1, 0.15) is 76.3 Å². The fourth-order valence-corrected chi connectivity index (χ4v) is 5.16. The quantitative estimate of drug-likeness (QED) is 0.801. The predicted molar refractivity (Wildman–Crippen MR) is 104 cm³/mol. The minimum atomic E-state index is -3.53. The van der Waals surface area contributed by atoms with Gasteiger partial charge in [0.05, 0.1) is 6.04 Å². The van der Waals surface area contributed by atoms with E-state index in [1.807, 2.05) is 31.2 Å². The first-order valence-electron chi connectivity index (χ1n) is 9.30. The Morgan fingerprint density at radius 3 is 2.20 bits per heavy atom. The Labute approximate surface area is 151 Å². The standard InChI is InChI=1S/C20H28N2O2S/c1-14(2)16-10-12-17(13-11-16)19-15(3)20(22-25(19,23)24)21-18-8-6-4-5-7-9-18/h10-14,18H,4-9H2,1-3H3,(H,21,22). The molecule has 1 aliphatic carbocycles. The van der Waals surface area contributed by atoms with Gasteiger partial charge in [0, 0.05) is 5.57 Å². The summed E-state index contributed by atoms with van der Waals surface area (Å²) < 4.78 is 28.0. The largest absolute Gasteiger partial charge is 0.264 e. The van der Waals surface area contributed by atoms with Crippen molar-refractivity contribution in [2.45, 2.75) is 71.3 Å². The van der Waals surface area contributed by atoms with Gasteiger partial charge in [0.2, 0.25) is 0 Å². The average Bonchev–Trinajstić information content (AvgIpc) is 2.74. The number of amidine groups is 1. The first-order valence-corrected chi connectivity index (χ1v) is 10.8. The molecule has 5 heteroatoms. The molecule has 0 amide bonds. The minimum absolute atomic E-state index is 0.234. The maximum atomic E-state index is 12.7. The molecule has 136 valence electrons. The van der Waals surface area contributed by atoms with Crippen molar-refractivity contribution in [3.63, 3.8) is 0 Å². The molecule has 2 aliphatic rings. The topological polar surface area (TPSA) is 58.5 Å². The summed E-state index contributed by atoms with van der Waals surface area (Å²) in [5.41, 5.74) is 2.68. The van der Waals surface area contributed by atoms with Crippen LogP contribution < -0.4 is 4.72 Å². The van der Waals surface area contributed by atoms with Crippen molar-refractivity contribution in [3.05, 3.63) is 41.0 Å². The van der Waals surface area contributed by atoms with Crippen LogP contribution in [0.2, 0.25) is 0 Å².